The zero-order valence-electron chi connectivity index (χ0n) is 18.4. The molecule has 4 atom stereocenters. The van der Waals surface area contributed by atoms with Crippen LogP contribution in [-0.4, -0.2) is 53.0 Å². The minimum atomic E-state index is -3.04. The van der Waals surface area contributed by atoms with E-state index in [-0.39, 0.29) is 12.4 Å². The van der Waals surface area contributed by atoms with Crippen LogP contribution in [0.15, 0.2) is 48.5 Å². The van der Waals surface area contributed by atoms with Crippen molar-refractivity contribution in [2.45, 2.75) is 56.2 Å². The summed E-state index contributed by atoms with van der Waals surface area (Å²) in [6.45, 7) is -0.0134. The van der Waals surface area contributed by atoms with Crippen molar-refractivity contribution in [3.63, 3.8) is 0 Å². The molecular weight excluding hydrogens is 447 g/mol. The fraction of sp³-hybridized carbons (Fsp3) is 0.440. The van der Waals surface area contributed by atoms with Crippen molar-refractivity contribution in [3.8, 4) is 11.8 Å². The molecule has 3 aliphatic heterocycles. The first kappa shape index (κ1) is 22.7. The van der Waals surface area contributed by atoms with Gasteiger partial charge in [0, 0.05) is 13.0 Å². The molecule has 2 aromatic rings. The number of amides is 1. The molecule has 3 saturated heterocycles. The zero-order valence-corrected chi connectivity index (χ0v) is 18.4. The Labute approximate surface area is 195 Å². The number of epoxide rings is 1. The molecule has 0 N–H and O–H groups in total. The molecule has 0 saturated carbocycles. The largest absolute Gasteiger partial charge is 0.486 e. The number of halogens is 3. The summed E-state index contributed by atoms with van der Waals surface area (Å²) in [6.07, 6.45) is -0.763. The smallest absolute Gasteiger partial charge is 0.262 e. The van der Waals surface area contributed by atoms with Gasteiger partial charge in [0.05, 0.1) is 18.7 Å². The lowest BCUT2D eigenvalue weighted by Gasteiger charge is -2.27. The minimum absolute atomic E-state index is 0.0853. The number of hydrogen-bond donors (Lipinski definition) is 0. The summed E-state index contributed by atoms with van der Waals surface area (Å²) < 4.78 is 54.5. The first-order valence-electron chi connectivity index (χ1n) is 11.3. The topological polar surface area (TPSA) is 69.1 Å². The van der Waals surface area contributed by atoms with E-state index in [0.717, 1.165) is 5.56 Å². The predicted octanol–water partition coefficient (Wildman–Crippen LogP) is 4.03. The number of benzene rings is 2. The fourth-order valence-electron chi connectivity index (χ4n) is 4.84. The molecule has 0 aromatic heterocycles. The third-order valence-electron chi connectivity index (χ3n) is 6.59. The monoisotopic (exact) mass is 471 g/mol. The highest BCUT2D eigenvalue weighted by Gasteiger charge is 2.58. The van der Waals surface area contributed by atoms with Gasteiger partial charge < -0.3 is 14.4 Å². The van der Waals surface area contributed by atoms with Crippen LogP contribution in [0.3, 0.4) is 0 Å². The van der Waals surface area contributed by atoms with Crippen LogP contribution in [0, 0.1) is 17.1 Å². The van der Waals surface area contributed by atoms with E-state index in [2.05, 4.69) is 6.07 Å². The second-order valence-electron chi connectivity index (χ2n) is 8.98. The van der Waals surface area contributed by atoms with Crippen LogP contribution in [-0.2, 0) is 16.1 Å². The molecule has 34 heavy (non-hydrogen) atoms. The van der Waals surface area contributed by atoms with Gasteiger partial charge in [-0.3, -0.25) is 9.69 Å². The highest BCUT2D eigenvalue weighted by Crippen LogP contribution is 2.47. The summed E-state index contributed by atoms with van der Waals surface area (Å²) in [5.74, 6) is -4.00. The standard InChI is InChI=1S/C25H24F3N3O3/c26-19-11-17(8-9-21(19)33-14-16-5-2-1-3-6-16)22-24(34-22)31-15-25(27,28)12-20(31)23(32)30-10-4-7-18(30)13-29/h1-3,5-6,8-9,11,18,20,22,24H,4,7,10,12,14-15H2. The van der Waals surface area contributed by atoms with Crippen LogP contribution in [0.5, 0.6) is 5.75 Å². The number of nitriles is 1. The van der Waals surface area contributed by atoms with E-state index >= 15 is 0 Å². The van der Waals surface area contributed by atoms with E-state index < -0.39 is 55.0 Å². The van der Waals surface area contributed by atoms with Crippen LogP contribution in [0.1, 0.15) is 36.5 Å². The van der Waals surface area contributed by atoms with Crippen LogP contribution < -0.4 is 4.74 Å². The Morgan fingerprint density at radius 3 is 2.76 bits per heavy atom. The molecular formula is C25H24F3N3O3. The SMILES string of the molecule is N#CC1CCCN1C(=O)C1CC(F)(F)CN1C1OC1c1ccc(OCc2ccccc2)c(F)c1. The average molecular weight is 471 g/mol. The summed E-state index contributed by atoms with van der Waals surface area (Å²) in [7, 11) is 0. The summed E-state index contributed by atoms with van der Waals surface area (Å²) >= 11 is 0. The number of carbonyl (C=O) groups excluding carboxylic acids is 1. The lowest BCUT2D eigenvalue weighted by Crippen LogP contribution is -2.48. The van der Waals surface area contributed by atoms with E-state index in [4.69, 9.17) is 9.47 Å². The molecule has 1 amide bonds. The van der Waals surface area contributed by atoms with Crippen molar-refractivity contribution < 1.29 is 27.4 Å². The lowest BCUT2D eigenvalue weighted by molar-refractivity contribution is -0.136. The van der Waals surface area contributed by atoms with Gasteiger partial charge in [0.1, 0.15) is 25.0 Å². The molecule has 3 heterocycles. The molecule has 0 bridgehead atoms. The quantitative estimate of drug-likeness (QED) is 0.596. The molecule has 3 aliphatic rings. The Kier molecular flexibility index (Phi) is 5.96. The van der Waals surface area contributed by atoms with E-state index in [1.165, 1.54) is 21.9 Å². The van der Waals surface area contributed by atoms with Crippen LogP contribution >= 0.6 is 0 Å². The molecule has 0 radical (unpaired) electrons. The number of alkyl halides is 2. The van der Waals surface area contributed by atoms with Gasteiger partial charge in [-0.2, -0.15) is 5.26 Å². The summed E-state index contributed by atoms with van der Waals surface area (Å²) in [5, 5.41) is 9.28. The highest BCUT2D eigenvalue weighted by atomic mass is 19.3. The van der Waals surface area contributed by atoms with E-state index in [0.29, 0.717) is 24.9 Å². The Morgan fingerprint density at radius 2 is 2.03 bits per heavy atom. The summed E-state index contributed by atoms with van der Waals surface area (Å²) in [5.41, 5.74) is 1.39. The van der Waals surface area contributed by atoms with Crippen molar-refractivity contribution in [3.05, 3.63) is 65.5 Å². The molecule has 3 fully saturated rings. The predicted molar refractivity (Wildman–Crippen MR) is 115 cm³/mol. The second-order valence-corrected chi connectivity index (χ2v) is 8.98. The number of nitrogens with zero attached hydrogens (tertiary/aromatic N) is 3. The Hall–Kier alpha value is -3.09. The zero-order chi connectivity index (χ0) is 23.9. The van der Waals surface area contributed by atoms with Crippen LogP contribution in [0.4, 0.5) is 13.2 Å². The second kappa shape index (κ2) is 8.93. The van der Waals surface area contributed by atoms with E-state index in [9.17, 15) is 23.2 Å². The van der Waals surface area contributed by atoms with Gasteiger partial charge in [-0.1, -0.05) is 36.4 Å². The lowest BCUT2D eigenvalue weighted by atomic mass is 10.1. The van der Waals surface area contributed by atoms with E-state index in [1.54, 1.807) is 6.07 Å². The number of rotatable bonds is 6. The van der Waals surface area contributed by atoms with Gasteiger partial charge in [0.15, 0.2) is 11.6 Å². The van der Waals surface area contributed by atoms with E-state index in [1.807, 2.05) is 30.3 Å². The van der Waals surface area contributed by atoms with Gasteiger partial charge in [0.2, 0.25) is 5.91 Å². The third-order valence-corrected chi connectivity index (χ3v) is 6.59. The number of ether oxygens (including phenoxy) is 2. The minimum Gasteiger partial charge on any atom is -0.486 e. The molecule has 2 aromatic carbocycles. The number of carbonyl (C=O) groups is 1. The van der Waals surface area contributed by atoms with Crippen molar-refractivity contribution in [1.82, 2.24) is 9.80 Å². The van der Waals surface area contributed by atoms with Gasteiger partial charge in [-0.05, 0) is 36.1 Å². The molecule has 5 rings (SSSR count). The summed E-state index contributed by atoms with van der Waals surface area (Å²) in [4.78, 5) is 15.8. The average Bonchev–Trinajstić information content (AvgIpc) is 3.35. The van der Waals surface area contributed by atoms with Crippen molar-refractivity contribution in [2.24, 2.45) is 0 Å². The van der Waals surface area contributed by atoms with Crippen molar-refractivity contribution >= 4 is 5.91 Å². The third kappa shape index (κ3) is 4.48. The normalized spacial score (nSPS) is 28.0. The Bertz CT molecular complexity index is 1110. The maximum absolute atomic E-state index is 14.7. The van der Waals surface area contributed by atoms with Crippen LogP contribution in [0.25, 0.3) is 0 Å². The van der Waals surface area contributed by atoms with Crippen LogP contribution in [0.2, 0.25) is 0 Å². The van der Waals surface area contributed by atoms with Crippen molar-refractivity contribution in [2.75, 3.05) is 13.1 Å². The summed E-state index contributed by atoms with van der Waals surface area (Å²) in [6, 6.07) is 14.2. The Morgan fingerprint density at radius 1 is 1.24 bits per heavy atom. The molecule has 6 nitrogen and oxygen atoms in total. The Balaban J connectivity index is 1.27. The maximum Gasteiger partial charge on any atom is 0.262 e. The first-order valence-corrected chi connectivity index (χ1v) is 11.3. The first-order chi connectivity index (χ1) is 16.4. The van der Waals surface area contributed by atoms with Gasteiger partial charge in [0.25, 0.3) is 5.92 Å². The van der Waals surface area contributed by atoms with Gasteiger partial charge in [-0.25, -0.2) is 13.2 Å². The van der Waals surface area contributed by atoms with Gasteiger partial charge >= 0.3 is 0 Å². The fourth-order valence-corrected chi connectivity index (χ4v) is 4.84. The number of hydrogen-bond acceptors (Lipinski definition) is 5. The molecule has 0 aliphatic carbocycles. The molecule has 9 heteroatoms. The van der Waals surface area contributed by atoms with Crippen molar-refractivity contribution in [1.29, 1.82) is 5.26 Å². The van der Waals surface area contributed by atoms with Gasteiger partial charge in [-0.15, -0.1) is 0 Å². The molecule has 4 unspecified atom stereocenters. The molecule has 178 valence electrons. The molecule has 0 spiro atoms. The highest BCUT2D eigenvalue weighted by molar-refractivity contribution is 5.83. The maximum atomic E-state index is 14.7. The number of likely N-dealkylation sites (tertiary alicyclic amines) is 2.